The van der Waals surface area contributed by atoms with Gasteiger partial charge in [0, 0.05) is 0 Å². The van der Waals surface area contributed by atoms with Gasteiger partial charge in [0.05, 0.1) is 6.10 Å². The lowest BCUT2D eigenvalue weighted by Gasteiger charge is -2.06. The number of hydrogen-bond acceptors (Lipinski definition) is 1. The fourth-order valence-electron chi connectivity index (χ4n) is 1.60. The van der Waals surface area contributed by atoms with Crippen LogP contribution in [0.5, 0.6) is 0 Å². The summed E-state index contributed by atoms with van der Waals surface area (Å²) in [6.07, 6.45) is 9.08. The number of allylic oxidation sites excluding steroid dienone is 1. The predicted molar refractivity (Wildman–Crippen MR) is 47.5 cm³/mol. The molecule has 1 aliphatic rings. The van der Waals surface area contributed by atoms with Crippen LogP contribution in [0.4, 0.5) is 0 Å². The Balaban J connectivity index is 2.15. The molecule has 0 saturated heterocycles. The number of aliphatic hydroxyl groups excluding tert-OH is 1. The third kappa shape index (κ3) is 2.66. The average Bonchev–Trinajstić information content (AvgIpc) is 2.37. The van der Waals surface area contributed by atoms with Gasteiger partial charge in [0.1, 0.15) is 0 Å². The molecule has 0 aliphatic heterocycles. The van der Waals surface area contributed by atoms with Crippen molar-refractivity contribution in [3.63, 3.8) is 0 Å². The Morgan fingerprint density at radius 2 is 2.36 bits per heavy atom. The summed E-state index contributed by atoms with van der Waals surface area (Å²) in [6, 6.07) is 0. The molecule has 0 saturated carbocycles. The quantitative estimate of drug-likeness (QED) is 0.487. The van der Waals surface area contributed by atoms with Crippen molar-refractivity contribution in [2.24, 2.45) is 0 Å². The molecule has 0 bridgehead atoms. The summed E-state index contributed by atoms with van der Waals surface area (Å²) in [5, 5.41) is 9.42. The van der Waals surface area contributed by atoms with Crippen molar-refractivity contribution in [2.75, 3.05) is 0 Å². The highest BCUT2D eigenvalue weighted by Crippen LogP contribution is 2.23. The Morgan fingerprint density at radius 1 is 1.55 bits per heavy atom. The monoisotopic (exact) mass is 154 g/mol. The van der Waals surface area contributed by atoms with Gasteiger partial charge in [-0.25, -0.2) is 0 Å². The molecule has 0 aromatic carbocycles. The third-order valence-corrected chi connectivity index (χ3v) is 2.34. The van der Waals surface area contributed by atoms with Gasteiger partial charge in [0.25, 0.3) is 0 Å². The van der Waals surface area contributed by atoms with Crippen LogP contribution in [0.1, 0.15) is 45.4 Å². The van der Waals surface area contributed by atoms with Crippen LogP contribution >= 0.6 is 0 Å². The molecule has 64 valence electrons. The standard InChI is InChI=1S/C10H18O/c1-2-3-4-6-9-7-5-8-10(9)11/h7,10-11H,2-6,8H2,1H3. The highest BCUT2D eigenvalue weighted by atomic mass is 16.3. The zero-order valence-electron chi connectivity index (χ0n) is 7.34. The van der Waals surface area contributed by atoms with Gasteiger partial charge in [-0.1, -0.05) is 25.8 Å². The van der Waals surface area contributed by atoms with Crippen LogP contribution in [-0.4, -0.2) is 11.2 Å². The Hall–Kier alpha value is -0.300. The molecule has 1 N–H and O–H groups in total. The summed E-state index contributed by atoms with van der Waals surface area (Å²) < 4.78 is 0. The van der Waals surface area contributed by atoms with E-state index < -0.39 is 0 Å². The van der Waals surface area contributed by atoms with E-state index in [-0.39, 0.29) is 6.10 Å². The lowest BCUT2D eigenvalue weighted by molar-refractivity contribution is 0.207. The minimum Gasteiger partial charge on any atom is -0.389 e. The maximum absolute atomic E-state index is 9.42. The van der Waals surface area contributed by atoms with Crippen molar-refractivity contribution < 1.29 is 5.11 Å². The fourth-order valence-corrected chi connectivity index (χ4v) is 1.60. The molecule has 0 spiro atoms. The maximum Gasteiger partial charge on any atom is 0.0753 e. The third-order valence-electron chi connectivity index (χ3n) is 2.34. The normalized spacial score (nSPS) is 23.8. The van der Waals surface area contributed by atoms with Gasteiger partial charge in [0.2, 0.25) is 0 Å². The number of unbranched alkanes of at least 4 members (excludes halogenated alkanes) is 2. The van der Waals surface area contributed by atoms with Crippen LogP contribution in [0.3, 0.4) is 0 Å². The van der Waals surface area contributed by atoms with E-state index in [0.717, 1.165) is 19.3 Å². The molecule has 1 unspecified atom stereocenters. The van der Waals surface area contributed by atoms with Crippen molar-refractivity contribution in [2.45, 2.75) is 51.6 Å². The molecule has 1 aliphatic carbocycles. The van der Waals surface area contributed by atoms with Gasteiger partial charge in [-0.15, -0.1) is 0 Å². The van der Waals surface area contributed by atoms with Crippen molar-refractivity contribution in [3.8, 4) is 0 Å². The maximum atomic E-state index is 9.42. The molecule has 1 heteroatoms. The Labute approximate surface area is 69.1 Å². The van der Waals surface area contributed by atoms with Gasteiger partial charge < -0.3 is 5.11 Å². The largest absolute Gasteiger partial charge is 0.389 e. The molecule has 0 radical (unpaired) electrons. The molecule has 1 atom stereocenters. The second-order valence-electron chi connectivity index (χ2n) is 3.33. The van der Waals surface area contributed by atoms with Crippen LogP contribution in [0.25, 0.3) is 0 Å². The fraction of sp³-hybridized carbons (Fsp3) is 0.800. The first-order chi connectivity index (χ1) is 5.34. The SMILES string of the molecule is CCCCCC1=CCCC1O. The zero-order chi connectivity index (χ0) is 8.10. The van der Waals surface area contributed by atoms with E-state index in [4.69, 9.17) is 0 Å². The van der Waals surface area contributed by atoms with Crippen LogP contribution < -0.4 is 0 Å². The first-order valence-electron chi connectivity index (χ1n) is 4.71. The number of aliphatic hydroxyl groups is 1. The molecule has 0 aromatic heterocycles. The molecule has 0 heterocycles. The van der Waals surface area contributed by atoms with Gasteiger partial charge in [0.15, 0.2) is 0 Å². The summed E-state index contributed by atoms with van der Waals surface area (Å²) in [4.78, 5) is 0. The molecule has 0 aromatic rings. The van der Waals surface area contributed by atoms with Crippen LogP contribution in [0, 0.1) is 0 Å². The first kappa shape index (κ1) is 8.79. The summed E-state index contributed by atoms with van der Waals surface area (Å²) in [6.45, 7) is 2.21. The van der Waals surface area contributed by atoms with Crippen molar-refractivity contribution in [3.05, 3.63) is 11.6 Å². The van der Waals surface area contributed by atoms with E-state index in [0.29, 0.717) is 0 Å². The second-order valence-corrected chi connectivity index (χ2v) is 3.33. The van der Waals surface area contributed by atoms with Crippen LogP contribution in [0.2, 0.25) is 0 Å². The van der Waals surface area contributed by atoms with Crippen molar-refractivity contribution in [1.82, 2.24) is 0 Å². The zero-order valence-corrected chi connectivity index (χ0v) is 7.34. The highest BCUT2D eigenvalue weighted by molar-refractivity contribution is 5.13. The first-order valence-corrected chi connectivity index (χ1v) is 4.71. The van der Waals surface area contributed by atoms with E-state index in [9.17, 15) is 5.11 Å². The summed E-state index contributed by atoms with van der Waals surface area (Å²) >= 11 is 0. The van der Waals surface area contributed by atoms with Crippen molar-refractivity contribution in [1.29, 1.82) is 0 Å². The Morgan fingerprint density at radius 3 is 2.91 bits per heavy atom. The molecule has 1 nitrogen and oxygen atoms in total. The van der Waals surface area contributed by atoms with Gasteiger partial charge in [-0.2, -0.15) is 0 Å². The topological polar surface area (TPSA) is 20.2 Å². The van der Waals surface area contributed by atoms with Gasteiger partial charge >= 0.3 is 0 Å². The summed E-state index contributed by atoms with van der Waals surface area (Å²) in [5.74, 6) is 0. The molecule has 1 rings (SSSR count). The van der Waals surface area contributed by atoms with E-state index in [2.05, 4.69) is 13.0 Å². The lowest BCUT2D eigenvalue weighted by atomic mass is 10.1. The molecular weight excluding hydrogens is 136 g/mol. The predicted octanol–water partition coefficient (Wildman–Crippen LogP) is 2.65. The van der Waals surface area contributed by atoms with Gasteiger partial charge in [-0.05, 0) is 31.3 Å². The molecule has 11 heavy (non-hydrogen) atoms. The van der Waals surface area contributed by atoms with Crippen LogP contribution in [0.15, 0.2) is 11.6 Å². The minimum atomic E-state index is -0.105. The molecule has 0 fully saturated rings. The number of hydrogen-bond donors (Lipinski definition) is 1. The Bertz CT molecular complexity index is 138. The highest BCUT2D eigenvalue weighted by Gasteiger charge is 2.14. The summed E-state index contributed by atoms with van der Waals surface area (Å²) in [5.41, 5.74) is 1.29. The van der Waals surface area contributed by atoms with E-state index in [1.807, 2.05) is 0 Å². The smallest absolute Gasteiger partial charge is 0.0753 e. The lowest BCUT2D eigenvalue weighted by Crippen LogP contribution is -2.04. The van der Waals surface area contributed by atoms with E-state index in [1.54, 1.807) is 0 Å². The van der Waals surface area contributed by atoms with E-state index in [1.165, 1.54) is 24.8 Å². The average molecular weight is 154 g/mol. The van der Waals surface area contributed by atoms with Crippen LogP contribution in [-0.2, 0) is 0 Å². The Kier molecular flexibility index (Phi) is 3.64. The van der Waals surface area contributed by atoms with Gasteiger partial charge in [-0.3, -0.25) is 0 Å². The molecule has 0 amide bonds. The molecular formula is C10H18O. The second kappa shape index (κ2) is 4.55. The summed E-state index contributed by atoms with van der Waals surface area (Å²) in [7, 11) is 0. The van der Waals surface area contributed by atoms with Crippen molar-refractivity contribution >= 4 is 0 Å². The van der Waals surface area contributed by atoms with E-state index >= 15 is 0 Å². The number of rotatable bonds is 4. The minimum absolute atomic E-state index is 0.105.